The van der Waals surface area contributed by atoms with Gasteiger partial charge in [0, 0.05) is 19.4 Å². The first-order chi connectivity index (χ1) is 5.68. The van der Waals surface area contributed by atoms with Crippen molar-refractivity contribution in [3.05, 3.63) is 33.4 Å². The predicted octanol–water partition coefficient (Wildman–Crippen LogP) is 4.11. The van der Waals surface area contributed by atoms with E-state index >= 15 is 0 Å². The molecular formula is C9H6BrFS. The minimum Gasteiger partial charge on any atom is -0.207 e. The lowest BCUT2D eigenvalue weighted by atomic mass is 10.2. The summed E-state index contributed by atoms with van der Waals surface area (Å²) < 4.78 is 14.9. The van der Waals surface area contributed by atoms with Gasteiger partial charge in [0.1, 0.15) is 5.82 Å². The third-order valence-electron chi connectivity index (χ3n) is 1.75. The first-order valence-electron chi connectivity index (χ1n) is 3.52. The Morgan fingerprint density at radius 2 is 2.17 bits per heavy atom. The second-order valence-electron chi connectivity index (χ2n) is 2.61. The quantitative estimate of drug-likeness (QED) is 0.655. The van der Waals surface area contributed by atoms with Gasteiger partial charge in [-0.3, -0.25) is 0 Å². The predicted molar refractivity (Wildman–Crippen MR) is 54.2 cm³/mol. The van der Waals surface area contributed by atoms with Crippen molar-refractivity contribution in [2.24, 2.45) is 0 Å². The zero-order valence-corrected chi connectivity index (χ0v) is 8.80. The van der Waals surface area contributed by atoms with E-state index in [0.717, 1.165) is 14.6 Å². The van der Waals surface area contributed by atoms with Crippen LogP contribution in [0.15, 0.2) is 22.7 Å². The fourth-order valence-corrected chi connectivity index (χ4v) is 2.86. The maximum atomic E-state index is 12.8. The van der Waals surface area contributed by atoms with E-state index in [1.165, 1.54) is 10.9 Å². The molecule has 0 radical (unpaired) electrons. The summed E-state index contributed by atoms with van der Waals surface area (Å²) >= 11 is 5.07. The van der Waals surface area contributed by atoms with Crippen LogP contribution in [0.5, 0.6) is 0 Å². The highest BCUT2D eigenvalue weighted by Gasteiger charge is 2.05. The molecule has 0 N–H and O–H groups in total. The van der Waals surface area contributed by atoms with Gasteiger partial charge in [-0.1, -0.05) is 0 Å². The van der Waals surface area contributed by atoms with Gasteiger partial charge in [0.2, 0.25) is 0 Å². The molecule has 0 aliphatic carbocycles. The Hall–Kier alpha value is -0.410. The van der Waals surface area contributed by atoms with Gasteiger partial charge in [-0.25, -0.2) is 4.39 Å². The van der Waals surface area contributed by atoms with E-state index in [4.69, 9.17) is 0 Å². The molecule has 0 nitrogen and oxygen atoms in total. The van der Waals surface area contributed by atoms with Crippen LogP contribution < -0.4 is 0 Å². The Bertz CT molecular complexity index is 433. The molecule has 62 valence electrons. The number of aryl methyl sites for hydroxylation is 1. The molecule has 1 aromatic heterocycles. The number of hydrogen-bond donors (Lipinski definition) is 0. The van der Waals surface area contributed by atoms with Crippen LogP contribution in [0, 0.1) is 12.7 Å². The van der Waals surface area contributed by atoms with Crippen LogP contribution in [0.4, 0.5) is 4.39 Å². The Balaban J connectivity index is 2.87. The van der Waals surface area contributed by atoms with E-state index in [1.807, 2.05) is 6.92 Å². The molecule has 2 aromatic rings. The summed E-state index contributed by atoms with van der Waals surface area (Å²) in [5.41, 5.74) is 0. The lowest BCUT2D eigenvalue weighted by molar-refractivity contribution is 0.630. The van der Waals surface area contributed by atoms with E-state index in [-0.39, 0.29) is 5.82 Å². The molecule has 0 unspecified atom stereocenters. The van der Waals surface area contributed by atoms with E-state index in [2.05, 4.69) is 15.9 Å². The highest BCUT2D eigenvalue weighted by Crippen LogP contribution is 2.34. The molecule has 0 spiro atoms. The highest BCUT2D eigenvalue weighted by molar-refractivity contribution is 9.10. The minimum absolute atomic E-state index is 0.170. The van der Waals surface area contributed by atoms with Gasteiger partial charge in [-0.05, 0) is 41.1 Å². The molecule has 0 aliphatic heterocycles. The van der Waals surface area contributed by atoms with Gasteiger partial charge in [-0.15, -0.1) is 11.3 Å². The van der Waals surface area contributed by atoms with Gasteiger partial charge >= 0.3 is 0 Å². The molecule has 0 bridgehead atoms. The number of benzene rings is 1. The number of halogens is 2. The second kappa shape index (κ2) is 2.82. The van der Waals surface area contributed by atoms with Crippen LogP contribution in [0.1, 0.15) is 4.88 Å². The summed E-state index contributed by atoms with van der Waals surface area (Å²) in [7, 11) is 0. The molecule has 0 atom stereocenters. The molecule has 1 heterocycles. The van der Waals surface area contributed by atoms with Crippen molar-refractivity contribution in [3.63, 3.8) is 0 Å². The van der Waals surface area contributed by atoms with E-state index < -0.39 is 0 Å². The Kier molecular flexibility index (Phi) is 1.93. The number of thiophene rings is 1. The topological polar surface area (TPSA) is 0 Å². The van der Waals surface area contributed by atoms with Crippen molar-refractivity contribution in [1.82, 2.24) is 0 Å². The smallest absolute Gasteiger partial charge is 0.124 e. The first kappa shape index (κ1) is 8.20. The molecule has 1 aromatic carbocycles. The first-order valence-corrected chi connectivity index (χ1v) is 5.13. The van der Waals surface area contributed by atoms with Crippen molar-refractivity contribution in [2.45, 2.75) is 6.92 Å². The lowest BCUT2D eigenvalue weighted by Gasteiger charge is -1.89. The molecule has 0 fully saturated rings. The largest absolute Gasteiger partial charge is 0.207 e. The number of fused-ring (bicyclic) bond motifs is 1. The van der Waals surface area contributed by atoms with Crippen molar-refractivity contribution in [1.29, 1.82) is 0 Å². The maximum absolute atomic E-state index is 12.8. The van der Waals surface area contributed by atoms with Crippen molar-refractivity contribution in [2.75, 3.05) is 0 Å². The van der Waals surface area contributed by atoms with Gasteiger partial charge in [-0.2, -0.15) is 0 Å². The summed E-state index contributed by atoms with van der Waals surface area (Å²) in [6.07, 6.45) is 0. The molecule has 0 saturated heterocycles. The zero-order valence-electron chi connectivity index (χ0n) is 6.40. The molecule has 3 heteroatoms. The van der Waals surface area contributed by atoms with Gasteiger partial charge in [0.25, 0.3) is 0 Å². The molecule has 0 saturated carbocycles. The third kappa shape index (κ3) is 1.17. The summed E-state index contributed by atoms with van der Waals surface area (Å²) in [5.74, 6) is -0.170. The van der Waals surface area contributed by atoms with Crippen LogP contribution in [-0.4, -0.2) is 0 Å². The highest BCUT2D eigenvalue weighted by atomic mass is 79.9. The van der Waals surface area contributed by atoms with Gasteiger partial charge < -0.3 is 0 Å². The van der Waals surface area contributed by atoms with Crippen molar-refractivity contribution in [3.8, 4) is 0 Å². The van der Waals surface area contributed by atoms with Crippen molar-refractivity contribution < 1.29 is 4.39 Å². The van der Waals surface area contributed by atoms with E-state index in [0.29, 0.717) is 0 Å². The number of hydrogen-bond acceptors (Lipinski definition) is 1. The van der Waals surface area contributed by atoms with E-state index in [9.17, 15) is 4.39 Å². The van der Waals surface area contributed by atoms with Crippen molar-refractivity contribution >= 4 is 37.4 Å². The fourth-order valence-electron chi connectivity index (χ4n) is 1.16. The fraction of sp³-hybridized carbons (Fsp3) is 0.111. The normalized spacial score (nSPS) is 10.9. The number of rotatable bonds is 0. The van der Waals surface area contributed by atoms with Crippen LogP contribution in [0.25, 0.3) is 10.1 Å². The van der Waals surface area contributed by atoms with Crippen LogP contribution in [0.3, 0.4) is 0 Å². The Labute approximate surface area is 82.2 Å². The molecule has 12 heavy (non-hydrogen) atoms. The molecular weight excluding hydrogens is 239 g/mol. The summed E-state index contributed by atoms with van der Waals surface area (Å²) in [6, 6.07) is 4.86. The molecule has 2 rings (SSSR count). The second-order valence-corrected chi connectivity index (χ2v) is 4.66. The minimum atomic E-state index is -0.170. The SMILES string of the molecule is Cc1sc2cc(F)ccc2c1Br. The summed E-state index contributed by atoms with van der Waals surface area (Å²) in [6.45, 7) is 2.02. The van der Waals surface area contributed by atoms with E-state index in [1.54, 1.807) is 23.5 Å². The van der Waals surface area contributed by atoms with Gasteiger partial charge in [0.05, 0.1) is 0 Å². The lowest BCUT2D eigenvalue weighted by Crippen LogP contribution is -1.69. The zero-order chi connectivity index (χ0) is 8.72. The van der Waals surface area contributed by atoms with Crippen LogP contribution in [0.2, 0.25) is 0 Å². The monoisotopic (exact) mass is 244 g/mol. The summed E-state index contributed by atoms with van der Waals surface area (Å²) in [5, 5.41) is 1.10. The average Bonchev–Trinajstić information content (AvgIpc) is 2.28. The Morgan fingerprint density at radius 3 is 2.92 bits per heavy atom. The molecule has 0 aliphatic rings. The van der Waals surface area contributed by atoms with Crippen LogP contribution >= 0.6 is 27.3 Å². The Morgan fingerprint density at radius 1 is 1.42 bits per heavy atom. The van der Waals surface area contributed by atoms with Gasteiger partial charge in [0.15, 0.2) is 0 Å². The summed E-state index contributed by atoms with van der Waals surface area (Å²) in [4.78, 5) is 1.19. The van der Waals surface area contributed by atoms with Crippen LogP contribution in [-0.2, 0) is 0 Å². The third-order valence-corrected chi connectivity index (χ3v) is 4.10. The standard InChI is InChI=1S/C9H6BrFS/c1-5-9(10)7-3-2-6(11)4-8(7)12-5/h2-4H,1H3. The average molecular weight is 245 g/mol. The molecule has 0 amide bonds. The maximum Gasteiger partial charge on any atom is 0.124 e.